The van der Waals surface area contributed by atoms with Crippen molar-refractivity contribution in [1.29, 1.82) is 0 Å². The number of nitrogens with zero attached hydrogens (tertiary/aromatic N) is 4. The molecule has 0 unspecified atom stereocenters. The number of likely N-dealkylation sites (N-methyl/N-ethyl adjacent to an activating group) is 1. The smallest absolute Gasteiger partial charge is 0.281 e. The van der Waals surface area contributed by atoms with Crippen molar-refractivity contribution in [3.8, 4) is 0 Å². The summed E-state index contributed by atoms with van der Waals surface area (Å²) in [6.45, 7) is 1.96. The van der Waals surface area contributed by atoms with Gasteiger partial charge in [0.15, 0.2) is 5.11 Å². The van der Waals surface area contributed by atoms with E-state index in [2.05, 4.69) is 0 Å². The second-order valence-corrected chi connectivity index (χ2v) is 8.53. The highest BCUT2D eigenvalue weighted by Crippen LogP contribution is 2.30. The summed E-state index contributed by atoms with van der Waals surface area (Å²) in [6.07, 6.45) is 5.97. The predicted octanol–water partition coefficient (Wildman–Crippen LogP) is 3.87. The molecule has 0 atom stereocenters. The molecule has 0 N–H and O–H groups in total. The topological polar surface area (TPSA) is 48.8 Å². The van der Waals surface area contributed by atoms with Crippen LogP contribution in [0.1, 0.15) is 18.4 Å². The molecule has 2 aliphatic heterocycles. The summed E-state index contributed by atoms with van der Waals surface area (Å²) in [6, 6.07) is 17.4. The summed E-state index contributed by atoms with van der Waals surface area (Å²) < 4.78 is 1.98. The minimum absolute atomic E-state index is 0.132. The fourth-order valence-corrected chi connectivity index (χ4v) is 4.73. The zero-order chi connectivity index (χ0) is 22.2. The van der Waals surface area contributed by atoms with Gasteiger partial charge in [-0.25, -0.2) is 0 Å². The van der Waals surface area contributed by atoms with Crippen molar-refractivity contribution < 1.29 is 9.59 Å². The van der Waals surface area contributed by atoms with Crippen molar-refractivity contribution in [1.82, 2.24) is 14.4 Å². The molecule has 0 bridgehead atoms. The molecule has 3 aromatic rings. The third-order valence-corrected chi connectivity index (χ3v) is 6.61. The lowest BCUT2D eigenvalue weighted by atomic mass is 10.1. The van der Waals surface area contributed by atoms with E-state index in [0.29, 0.717) is 17.4 Å². The standard InChI is InChI=1S/C25H24N4O2S/c1-26-22(24(31)29(25(26)32)19-9-3-2-4-10-19)15-18-16-28(21-12-6-5-11-20(18)21)17-23(30)27-13-7-8-14-27/h2-6,9-12,15-16H,7-8,13-14,17H2,1H3. The Kier molecular flexibility index (Phi) is 5.27. The molecule has 7 heteroatoms. The number of hydrogen-bond donors (Lipinski definition) is 0. The van der Waals surface area contributed by atoms with Crippen LogP contribution in [-0.2, 0) is 16.1 Å². The third-order valence-electron chi connectivity index (χ3n) is 6.15. The van der Waals surface area contributed by atoms with Crippen LogP contribution in [0.2, 0.25) is 0 Å². The van der Waals surface area contributed by atoms with Gasteiger partial charge in [0.2, 0.25) is 5.91 Å². The van der Waals surface area contributed by atoms with E-state index in [-0.39, 0.29) is 11.8 Å². The largest absolute Gasteiger partial charge is 0.341 e. The molecule has 0 spiro atoms. The Morgan fingerprint density at radius 3 is 2.47 bits per heavy atom. The number of carbonyl (C=O) groups excluding carboxylic acids is 2. The van der Waals surface area contributed by atoms with Gasteiger partial charge >= 0.3 is 0 Å². The highest BCUT2D eigenvalue weighted by molar-refractivity contribution is 7.80. The molecule has 0 radical (unpaired) electrons. The van der Waals surface area contributed by atoms with E-state index in [4.69, 9.17) is 12.2 Å². The molecule has 0 aliphatic carbocycles. The predicted molar refractivity (Wildman–Crippen MR) is 130 cm³/mol. The van der Waals surface area contributed by atoms with Gasteiger partial charge in [0, 0.05) is 42.8 Å². The van der Waals surface area contributed by atoms with Crippen molar-refractivity contribution in [2.24, 2.45) is 0 Å². The van der Waals surface area contributed by atoms with Gasteiger partial charge in [0.1, 0.15) is 12.2 Å². The second-order valence-electron chi connectivity index (χ2n) is 8.16. The molecule has 1 aromatic heterocycles. The van der Waals surface area contributed by atoms with Gasteiger partial charge in [-0.2, -0.15) is 0 Å². The molecule has 162 valence electrons. The molecule has 5 rings (SSSR count). The Morgan fingerprint density at radius 1 is 1.03 bits per heavy atom. The Labute approximate surface area is 192 Å². The highest BCUT2D eigenvalue weighted by Gasteiger charge is 2.36. The Bertz CT molecular complexity index is 1240. The van der Waals surface area contributed by atoms with Crippen LogP contribution >= 0.6 is 12.2 Å². The summed E-state index contributed by atoms with van der Waals surface area (Å²) in [5.74, 6) is -0.0263. The van der Waals surface area contributed by atoms with Gasteiger partial charge in [0.25, 0.3) is 5.91 Å². The van der Waals surface area contributed by atoms with Crippen LogP contribution in [0.4, 0.5) is 5.69 Å². The van der Waals surface area contributed by atoms with Crippen LogP contribution in [-0.4, -0.2) is 51.4 Å². The van der Waals surface area contributed by atoms with Crippen molar-refractivity contribution >= 4 is 51.8 Å². The van der Waals surface area contributed by atoms with Gasteiger partial charge < -0.3 is 14.4 Å². The van der Waals surface area contributed by atoms with Gasteiger partial charge in [-0.05, 0) is 49.3 Å². The molecule has 3 heterocycles. The number of para-hydroxylation sites is 2. The van der Waals surface area contributed by atoms with Gasteiger partial charge in [0.05, 0.1) is 5.69 Å². The first-order valence-corrected chi connectivity index (χ1v) is 11.2. The average molecular weight is 445 g/mol. The van der Waals surface area contributed by atoms with Crippen LogP contribution in [0.25, 0.3) is 17.0 Å². The quantitative estimate of drug-likeness (QED) is 0.453. The lowest BCUT2D eigenvalue weighted by Gasteiger charge is -2.16. The summed E-state index contributed by atoms with van der Waals surface area (Å²) in [5, 5.41) is 1.44. The number of likely N-dealkylation sites (tertiary alicyclic amines) is 1. The van der Waals surface area contributed by atoms with Gasteiger partial charge in [-0.1, -0.05) is 36.4 Å². The molecule has 2 saturated heterocycles. The zero-order valence-corrected chi connectivity index (χ0v) is 18.7. The van der Waals surface area contributed by atoms with Crippen molar-refractivity contribution in [2.45, 2.75) is 19.4 Å². The number of fused-ring (bicyclic) bond motifs is 1. The number of thiocarbonyl (C=S) groups is 1. The summed E-state index contributed by atoms with van der Waals surface area (Å²) in [7, 11) is 1.81. The Morgan fingerprint density at radius 2 is 1.72 bits per heavy atom. The molecule has 6 nitrogen and oxygen atoms in total. The van der Waals surface area contributed by atoms with E-state index in [1.807, 2.05) is 83.4 Å². The first-order chi connectivity index (χ1) is 15.5. The normalized spacial score (nSPS) is 17.9. The number of hydrogen-bond acceptors (Lipinski definition) is 3. The molecule has 2 fully saturated rings. The fraction of sp³-hybridized carbons (Fsp3) is 0.240. The molecule has 2 aromatic carbocycles. The Balaban J connectivity index is 1.51. The maximum absolute atomic E-state index is 13.3. The molecule has 32 heavy (non-hydrogen) atoms. The summed E-state index contributed by atoms with van der Waals surface area (Å²) in [5.41, 5.74) is 3.12. The van der Waals surface area contributed by atoms with E-state index in [9.17, 15) is 9.59 Å². The average Bonchev–Trinajstić information content (AvgIpc) is 3.51. The van der Waals surface area contributed by atoms with E-state index < -0.39 is 0 Å². The van der Waals surface area contributed by atoms with Crippen molar-refractivity contribution in [3.05, 3.63) is 72.1 Å². The number of rotatable bonds is 4. The highest BCUT2D eigenvalue weighted by atomic mass is 32.1. The summed E-state index contributed by atoms with van der Waals surface area (Å²) in [4.78, 5) is 31.3. The first kappa shape index (κ1) is 20.5. The van der Waals surface area contributed by atoms with Crippen LogP contribution in [0, 0.1) is 0 Å². The van der Waals surface area contributed by atoms with Gasteiger partial charge in [-0.15, -0.1) is 0 Å². The molecular formula is C25H24N4O2S. The maximum Gasteiger partial charge on any atom is 0.281 e. The Hall–Kier alpha value is -3.45. The van der Waals surface area contributed by atoms with Crippen LogP contribution < -0.4 is 4.90 Å². The number of benzene rings is 2. The van der Waals surface area contributed by atoms with E-state index >= 15 is 0 Å². The monoisotopic (exact) mass is 444 g/mol. The lowest BCUT2D eigenvalue weighted by Crippen LogP contribution is -2.30. The van der Waals surface area contributed by atoms with Crippen molar-refractivity contribution in [3.63, 3.8) is 0 Å². The SMILES string of the molecule is CN1C(=S)N(c2ccccc2)C(=O)C1=Cc1cn(CC(=O)N2CCCC2)c2ccccc12. The van der Waals surface area contributed by atoms with E-state index in [1.54, 1.807) is 9.80 Å². The zero-order valence-electron chi connectivity index (χ0n) is 17.9. The number of amides is 2. The minimum Gasteiger partial charge on any atom is -0.341 e. The van der Waals surface area contributed by atoms with E-state index in [1.165, 1.54) is 0 Å². The third kappa shape index (κ3) is 3.48. The van der Waals surface area contributed by atoms with Crippen LogP contribution in [0.5, 0.6) is 0 Å². The number of anilines is 1. The second kappa shape index (κ2) is 8.24. The molecular weight excluding hydrogens is 420 g/mol. The number of carbonyl (C=O) groups is 2. The van der Waals surface area contributed by atoms with Gasteiger partial charge in [-0.3, -0.25) is 14.5 Å². The molecule has 2 aliphatic rings. The summed E-state index contributed by atoms with van der Waals surface area (Å²) >= 11 is 5.57. The van der Waals surface area contributed by atoms with Crippen LogP contribution in [0.3, 0.4) is 0 Å². The van der Waals surface area contributed by atoms with Crippen LogP contribution in [0.15, 0.2) is 66.5 Å². The maximum atomic E-state index is 13.3. The molecule has 2 amide bonds. The van der Waals surface area contributed by atoms with Crippen molar-refractivity contribution in [2.75, 3.05) is 25.0 Å². The minimum atomic E-state index is -0.159. The number of aromatic nitrogens is 1. The first-order valence-electron chi connectivity index (χ1n) is 10.8. The lowest BCUT2D eigenvalue weighted by molar-refractivity contribution is -0.130. The fourth-order valence-electron chi connectivity index (χ4n) is 4.44. The molecule has 0 saturated carbocycles. The van der Waals surface area contributed by atoms with E-state index in [0.717, 1.165) is 48.1 Å².